The normalized spacial score (nSPS) is 19.7. The molecular weight excluding hydrogens is 411 g/mol. The fourth-order valence-electron chi connectivity index (χ4n) is 4.78. The number of carbonyl (C=O) groups excluding carboxylic acids is 2. The van der Waals surface area contributed by atoms with Gasteiger partial charge < -0.3 is 4.90 Å². The van der Waals surface area contributed by atoms with Crippen molar-refractivity contribution >= 4 is 28.8 Å². The highest BCUT2D eigenvalue weighted by atomic mass is 32.1. The maximum atomic E-state index is 14.1. The van der Waals surface area contributed by atoms with Crippen LogP contribution in [0.2, 0.25) is 0 Å². The van der Waals surface area contributed by atoms with Crippen LogP contribution in [0.4, 0.5) is 10.1 Å². The van der Waals surface area contributed by atoms with Gasteiger partial charge in [-0.05, 0) is 60.4 Å². The predicted molar refractivity (Wildman–Crippen MR) is 122 cm³/mol. The van der Waals surface area contributed by atoms with E-state index in [1.54, 1.807) is 18.2 Å². The summed E-state index contributed by atoms with van der Waals surface area (Å²) in [5, 5.41) is 3.84. The molecule has 1 aromatic heterocycles. The Bertz CT molecular complexity index is 1010. The number of carbonyl (C=O) groups is 2. The summed E-state index contributed by atoms with van der Waals surface area (Å²) < 4.78 is 14.1. The Morgan fingerprint density at radius 1 is 1.29 bits per heavy atom. The summed E-state index contributed by atoms with van der Waals surface area (Å²) in [6.45, 7) is 5.87. The number of nitrogens with zero attached hydrogens (tertiary/aromatic N) is 2. The Morgan fingerprint density at radius 2 is 2.06 bits per heavy atom. The lowest BCUT2D eigenvalue weighted by Crippen LogP contribution is -2.50. The van der Waals surface area contributed by atoms with Crippen molar-refractivity contribution in [3.8, 4) is 0 Å². The Kier molecular flexibility index (Phi) is 6.37. The first-order chi connectivity index (χ1) is 15.0. The van der Waals surface area contributed by atoms with E-state index in [2.05, 4.69) is 6.58 Å². The monoisotopic (exact) mass is 438 g/mol. The van der Waals surface area contributed by atoms with Gasteiger partial charge in [-0.25, -0.2) is 4.39 Å². The van der Waals surface area contributed by atoms with Crippen molar-refractivity contribution < 1.29 is 14.0 Å². The molecule has 1 saturated carbocycles. The first-order valence-corrected chi connectivity index (χ1v) is 11.7. The van der Waals surface area contributed by atoms with Gasteiger partial charge in [0.15, 0.2) is 0 Å². The molecule has 0 saturated heterocycles. The van der Waals surface area contributed by atoms with E-state index in [4.69, 9.17) is 0 Å². The number of halogens is 1. The predicted octanol–water partition coefficient (Wildman–Crippen LogP) is 5.47. The van der Waals surface area contributed by atoms with Crippen LogP contribution >= 0.6 is 11.3 Å². The Hall–Kier alpha value is -2.73. The summed E-state index contributed by atoms with van der Waals surface area (Å²) in [6, 6.07) is 7.12. The van der Waals surface area contributed by atoms with Crippen LogP contribution in [0.25, 0.3) is 0 Å². The van der Waals surface area contributed by atoms with Crippen molar-refractivity contribution in [3.05, 3.63) is 76.4 Å². The molecule has 1 aliphatic heterocycles. The molecule has 31 heavy (non-hydrogen) atoms. The number of thiophene rings is 1. The standard InChI is InChI=1S/C25H27FN2O2S/c1-3-22-17(2)27(20-9-5-4-6-10-20)25(30)24(22)28(21-11-7-8-19(26)15-21)23(29)14-18-12-13-31-16-18/h3,7-8,11-13,15-16,20,24H,1,4-6,9-10,14H2,2H3. The van der Waals surface area contributed by atoms with Crippen LogP contribution in [-0.2, 0) is 16.0 Å². The van der Waals surface area contributed by atoms with Crippen molar-refractivity contribution in [2.75, 3.05) is 4.90 Å². The van der Waals surface area contributed by atoms with Gasteiger partial charge >= 0.3 is 0 Å². The number of benzene rings is 1. The summed E-state index contributed by atoms with van der Waals surface area (Å²) in [7, 11) is 0. The zero-order valence-electron chi connectivity index (χ0n) is 17.7. The van der Waals surface area contributed by atoms with E-state index in [1.165, 1.54) is 34.8 Å². The minimum Gasteiger partial charge on any atom is -0.311 e. The third-order valence-corrected chi connectivity index (χ3v) is 6.99. The van der Waals surface area contributed by atoms with Gasteiger partial charge in [-0.15, -0.1) is 0 Å². The van der Waals surface area contributed by atoms with E-state index in [-0.39, 0.29) is 24.3 Å². The van der Waals surface area contributed by atoms with Crippen LogP contribution in [0, 0.1) is 5.82 Å². The third kappa shape index (κ3) is 4.22. The van der Waals surface area contributed by atoms with Crippen LogP contribution in [0.3, 0.4) is 0 Å². The zero-order chi connectivity index (χ0) is 22.0. The second kappa shape index (κ2) is 9.18. The van der Waals surface area contributed by atoms with Crippen LogP contribution in [-0.4, -0.2) is 28.8 Å². The fraction of sp³-hybridized carbons (Fsp3) is 0.360. The molecule has 1 aromatic carbocycles. The van der Waals surface area contributed by atoms with Crippen molar-refractivity contribution in [2.45, 2.75) is 57.5 Å². The lowest BCUT2D eigenvalue weighted by molar-refractivity contribution is -0.132. The van der Waals surface area contributed by atoms with E-state index in [0.717, 1.165) is 42.5 Å². The number of rotatable bonds is 6. The largest absolute Gasteiger partial charge is 0.311 e. The molecule has 2 aromatic rings. The van der Waals surface area contributed by atoms with Gasteiger partial charge in [0, 0.05) is 23.0 Å². The Labute approximate surface area is 186 Å². The number of hydrogen-bond acceptors (Lipinski definition) is 3. The lowest BCUT2D eigenvalue weighted by Gasteiger charge is -2.34. The molecule has 4 nitrogen and oxygen atoms in total. The number of amides is 2. The molecule has 0 bridgehead atoms. The molecule has 1 unspecified atom stereocenters. The van der Waals surface area contributed by atoms with E-state index in [1.807, 2.05) is 28.7 Å². The van der Waals surface area contributed by atoms with E-state index in [0.29, 0.717) is 5.69 Å². The molecule has 162 valence electrons. The van der Waals surface area contributed by atoms with Crippen molar-refractivity contribution in [1.29, 1.82) is 0 Å². The number of hydrogen-bond donors (Lipinski definition) is 0. The van der Waals surface area contributed by atoms with Gasteiger partial charge in [0.05, 0.1) is 6.42 Å². The lowest BCUT2D eigenvalue weighted by atomic mass is 9.94. The maximum absolute atomic E-state index is 14.1. The summed E-state index contributed by atoms with van der Waals surface area (Å²) >= 11 is 1.52. The SMILES string of the molecule is C=CC1=C(C)N(C2CCCCC2)C(=O)C1N(C(=O)Cc1ccsc1)c1cccc(F)c1. The molecule has 0 radical (unpaired) electrons. The van der Waals surface area contributed by atoms with E-state index >= 15 is 0 Å². The van der Waals surface area contributed by atoms with Crippen LogP contribution in [0.1, 0.15) is 44.6 Å². The van der Waals surface area contributed by atoms with E-state index in [9.17, 15) is 14.0 Å². The first kappa shape index (κ1) is 21.5. The summed E-state index contributed by atoms with van der Waals surface area (Å²) in [5.41, 5.74) is 2.84. The maximum Gasteiger partial charge on any atom is 0.254 e. The minimum absolute atomic E-state index is 0.123. The molecule has 1 fully saturated rings. The Morgan fingerprint density at radius 3 is 2.71 bits per heavy atom. The second-order valence-electron chi connectivity index (χ2n) is 8.20. The molecule has 0 N–H and O–H groups in total. The minimum atomic E-state index is -0.827. The van der Waals surface area contributed by atoms with Gasteiger partial charge in [-0.2, -0.15) is 11.3 Å². The molecule has 2 amide bonds. The average molecular weight is 439 g/mol. The molecule has 2 aliphatic rings. The van der Waals surface area contributed by atoms with Gasteiger partial charge in [0.1, 0.15) is 11.9 Å². The fourth-order valence-corrected chi connectivity index (χ4v) is 5.45. The summed E-state index contributed by atoms with van der Waals surface area (Å²) in [5.74, 6) is -0.802. The highest BCUT2D eigenvalue weighted by Gasteiger charge is 2.45. The quantitative estimate of drug-likeness (QED) is 0.600. The van der Waals surface area contributed by atoms with E-state index < -0.39 is 11.9 Å². The van der Waals surface area contributed by atoms with Crippen molar-refractivity contribution in [1.82, 2.24) is 4.90 Å². The number of anilines is 1. The van der Waals surface area contributed by atoms with Gasteiger partial charge in [0.2, 0.25) is 5.91 Å². The summed E-state index contributed by atoms with van der Waals surface area (Å²) in [4.78, 5) is 30.6. The summed E-state index contributed by atoms with van der Waals surface area (Å²) in [6.07, 6.45) is 7.13. The molecule has 4 rings (SSSR count). The van der Waals surface area contributed by atoms with Crippen LogP contribution < -0.4 is 4.90 Å². The molecule has 1 aliphatic carbocycles. The van der Waals surface area contributed by atoms with Gasteiger partial charge in [0.25, 0.3) is 5.91 Å². The molecule has 6 heteroatoms. The molecule has 1 atom stereocenters. The van der Waals surface area contributed by atoms with Gasteiger partial charge in [-0.1, -0.05) is 38.0 Å². The van der Waals surface area contributed by atoms with Crippen molar-refractivity contribution in [2.24, 2.45) is 0 Å². The topological polar surface area (TPSA) is 40.6 Å². The highest BCUT2D eigenvalue weighted by molar-refractivity contribution is 7.08. The zero-order valence-corrected chi connectivity index (χ0v) is 18.5. The molecular formula is C25H27FN2O2S. The van der Waals surface area contributed by atoms with Gasteiger partial charge in [-0.3, -0.25) is 14.5 Å². The van der Waals surface area contributed by atoms with Crippen molar-refractivity contribution in [3.63, 3.8) is 0 Å². The smallest absolute Gasteiger partial charge is 0.254 e. The molecule has 2 heterocycles. The first-order valence-electron chi connectivity index (χ1n) is 10.8. The third-order valence-electron chi connectivity index (χ3n) is 6.25. The Balaban J connectivity index is 1.75. The second-order valence-corrected chi connectivity index (χ2v) is 8.98. The van der Waals surface area contributed by atoms with Crippen LogP contribution in [0.5, 0.6) is 0 Å². The van der Waals surface area contributed by atoms with Crippen LogP contribution in [0.15, 0.2) is 65.0 Å². The number of allylic oxidation sites excluding steroid dienone is 1. The average Bonchev–Trinajstić information content (AvgIpc) is 3.35. The molecule has 0 spiro atoms. The highest BCUT2D eigenvalue weighted by Crippen LogP contribution is 2.37.